The number of benzene rings is 6. The summed E-state index contributed by atoms with van der Waals surface area (Å²) >= 11 is 0. The molecule has 3 heterocycles. The molecule has 0 spiro atoms. The highest BCUT2D eigenvalue weighted by Crippen LogP contribution is 2.35. The van der Waals surface area contributed by atoms with E-state index in [0.29, 0.717) is 17.5 Å². The zero-order chi connectivity index (χ0) is 32.7. The first-order valence-electron chi connectivity index (χ1n) is 16.6. The molecule has 0 radical (unpaired) electrons. The number of para-hydroxylation sites is 1. The molecule has 232 valence electrons. The molecule has 0 N–H and O–H groups in total. The minimum atomic E-state index is 0.636. The molecule has 0 bridgehead atoms. The summed E-state index contributed by atoms with van der Waals surface area (Å²) in [6.07, 6.45) is 0. The Balaban J connectivity index is 1.14. The summed E-state index contributed by atoms with van der Waals surface area (Å²) < 4.78 is 2.39. The Labute approximate surface area is 284 Å². The lowest BCUT2D eigenvalue weighted by Crippen LogP contribution is -2.00. The van der Waals surface area contributed by atoms with E-state index in [1.54, 1.807) is 0 Å². The lowest BCUT2D eigenvalue weighted by molar-refractivity contribution is 0.829. The highest BCUT2D eigenvalue weighted by atomic mass is 15.0. The van der Waals surface area contributed by atoms with Crippen molar-refractivity contribution in [3.8, 4) is 56.5 Å². The summed E-state index contributed by atoms with van der Waals surface area (Å²) in [6, 6.07) is 54.6. The summed E-state index contributed by atoms with van der Waals surface area (Å²) in [7, 11) is 0. The van der Waals surface area contributed by atoms with E-state index in [0.717, 1.165) is 56.5 Å². The fraction of sp³-hybridized carbons (Fsp3) is 0.0455. The third-order valence-corrected chi connectivity index (χ3v) is 9.22. The van der Waals surface area contributed by atoms with Crippen molar-refractivity contribution in [2.24, 2.45) is 0 Å². The van der Waals surface area contributed by atoms with Gasteiger partial charge in [0.1, 0.15) is 0 Å². The van der Waals surface area contributed by atoms with Gasteiger partial charge in [-0.3, -0.25) is 0 Å². The number of hydrogen-bond donors (Lipinski definition) is 0. The van der Waals surface area contributed by atoms with Crippen molar-refractivity contribution < 1.29 is 0 Å². The van der Waals surface area contributed by atoms with Gasteiger partial charge in [-0.1, -0.05) is 133 Å². The van der Waals surface area contributed by atoms with Crippen LogP contribution < -0.4 is 0 Å². The van der Waals surface area contributed by atoms with Crippen LogP contribution in [0.4, 0.5) is 0 Å². The molecule has 0 aliphatic carbocycles. The fourth-order valence-corrected chi connectivity index (χ4v) is 6.84. The van der Waals surface area contributed by atoms with Gasteiger partial charge in [-0.25, -0.2) is 19.9 Å². The van der Waals surface area contributed by atoms with Crippen LogP contribution in [-0.4, -0.2) is 24.5 Å². The molecule has 5 nitrogen and oxygen atoms in total. The third-order valence-electron chi connectivity index (χ3n) is 9.22. The zero-order valence-electron chi connectivity index (χ0n) is 27.0. The molecule has 0 saturated carbocycles. The van der Waals surface area contributed by atoms with E-state index < -0.39 is 0 Å². The predicted octanol–water partition coefficient (Wildman–Crippen LogP) is 10.9. The van der Waals surface area contributed by atoms with Crippen molar-refractivity contribution in [1.82, 2.24) is 24.5 Å². The third kappa shape index (κ3) is 5.13. The van der Waals surface area contributed by atoms with Crippen molar-refractivity contribution in [2.45, 2.75) is 13.5 Å². The molecule has 0 fully saturated rings. The summed E-state index contributed by atoms with van der Waals surface area (Å²) in [5, 5.41) is 3.64. The highest BCUT2D eigenvalue weighted by molar-refractivity contribution is 6.16. The van der Waals surface area contributed by atoms with E-state index in [2.05, 4.69) is 109 Å². The van der Waals surface area contributed by atoms with Gasteiger partial charge in [0.05, 0.1) is 16.7 Å². The predicted molar refractivity (Wildman–Crippen MR) is 201 cm³/mol. The number of rotatable bonds is 6. The van der Waals surface area contributed by atoms with Crippen LogP contribution in [0.5, 0.6) is 0 Å². The largest absolute Gasteiger partial charge is 0.339 e. The molecule has 3 aromatic heterocycles. The van der Waals surface area contributed by atoms with E-state index in [1.807, 2.05) is 60.7 Å². The Kier molecular flexibility index (Phi) is 7.02. The Bertz CT molecular complexity index is 2580. The van der Waals surface area contributed by atoms with Gasteiger partial charge in [0, 0.05) is 50.5 Å². The molecule has 0 aliphatic rings. The van der Waals surface area contributed by atoms with Gasteiger partial charge in [0.15, 0.2) is 17.5 Å². The lowest BCUT2D eigenvalue weighted by Gasteiger charge is -2.11. The number of nitrogens with zero attached hydrogens (tertiary/aromatic N) is 5. The lowest BCUT2D eigenvalue weighted by atomic mass is 9.99. The van der Waals surface area contributed by atoms with E-state index in [-0.39, 0.29) is 0 Å². The standard InChI is InChI=1S/C44H31N5/c1-2-49-39-22-10-9-21-36(39)37-25-23-29-24-26-38(45-40(29)41(37)49)34-19-11-17-32(27-34)33-18-12-20-35(28-33)44-47-42(30-13-5-3-6-14-30)46-43(48-44)31-15-7-4-8-16-31/h3-28H,2H2,1H3. The molecule has 0 atom stereocenters. The van der Waals surface area contributed by atoms with Crippen LogP contribution in [0.25, 0.3) is 89.3 Å². The maximum atomic E-state index is 5.31. The van der Waals surface area contributed by atoms with Gasteiger partial charge in [-0.05, 0) is 42.3 Å². The van der Waals surface area contributed by atoms with Gasteiger partial charge in [-0.15, -0.1) is 0 Å². The first kappa shape index (κ1) is 28.7. The van der Waals surface area contributed by atoms with Crippen LogP contribution in [0.2, 0.25) is 0 Å². The number of hydrogen-bond acceptors (Lipinski definition) is 4. The molecule has 6 aromatic carbocycles. The number of aryl methyl sites for hydroxylation is 1. The second-order valence-corrected chi connectivity index (χ2v) is 12.2. The van der Waals surface area contributed by atoms with Crippen molar-refractivity contribution in [2.75, 3.05) is 0 Å². The van der Waals surface area contributed by atoms with E-state index >= 15 is 0 Å². The molecule has 9 rings (SSSR count). The van der Waals surface area contributed by atoms with E-state index in [1.165, 1.54) is 21.8 Å². The molecular weight excluding hydrogens is 599 g/mol. The minimum Gasteiger partial charge on any atom is -0.339 e. The van der Waals surface area contributed by atoms with Gasteiger partial charge in [0.2, 0.25) is 0 Å². The average Bonchev–Trinajstić information content (AvgIpc) is 3.52. The maximum Gasteiger partial charge on any atom is 0.164 e. The van der Waals surface area contributed by atoms with Crippen LogP contribution >= 0.6 is 0 Å². The quantitative estimate of drug-likeness (QED) is 0.184. The summed E-state index contributed by atoms with van der Waals surface area (Å²) in [5.41, 5.74) is 10.5. The van der Waals surface area contributed by atoms with E-state index in [4.69, 9.17) is 19.9 Å². The molecule has 0 aliphatic heterocycles. The van der Waals surface area contributed by atoms with Crippen molar-refractivity contribution >= 4 is 32.7 Å². The summed E-state index contributed by atoms with van der Waals surface area (Å²) in [4.78, 5) is 20.1. The van der Waals surface area contributed by atoms with Crippen LogP contribution in [0, 0.1) is 0 Å². The smallest absolute Gasteiger partial charge is 0.164 e. The molecule has 5 heteroatoms. The second-order valence-electron chi connectivity index (χ2n) is 12.2. The number of fused-ring (bicyclic) bond motifs is 5. The van der Waals surface area contributed by atoms with E-state index in [9.17, 15) is 0 Å². The Morgan fingerprint density at radius 1 is 0.429 bits per heavy atom. The normalized spacial score (nSPS) is 11.4. The first-order chi connectivity index (χ1) is 24.2. The Morgan fingerprint density at radius 2 is 0.959 bits per heavy atom. The summed E-state index contributed by atoms with van der Waals surface area (Å²) in [6.45, 7) is 3.08. The minimum absolute atomic E-state index is 0.636. The zero-order valence-corrected chi connectivity index (χ0v) is 27.0. The SMILES string of the molecule is CCn1c2ccccc2c2ccc3ccc(-c4cccc(-c5cccc(-c6nc(-c7ccccc7)nc(-c7ccccc7)n6)c5)c4)nc3c21. The Hall–Kier alpha value is -6.46. The molecular formula is C44H31N5. The molecule has 49 heavy (non-hydrogen) atoms. The highest BCUT2D eigenvalue weighted by Gasteiger charge is 2.16. The fourth-order valence-electron chi connectivity index (χ4n) is 6.84. The van der Waals surface area contributed by atoms with Crippen molar-refractivity contribution in [3.05, 3.63) is 158 Å². The van der Waals surface area contributed by atoms with Crippen molar-refractivity contribution in [1.29, 1.82) is 0 Å². The maximum absolute atomic E-state index is 5.31. The molecule has 0 unspecified atom stereocenters. The topological polar surface area (TPSA) is 56.5 Å². The molecule has 0 amide bonds. The van der Waals surface area contributed by atoms with Gasteiger partial charge < -0.3 is 4.57 Å². The van der Waals surface area contributed by atoms with Gasteiger partial charge in [-0.2, -0.15) is 0 Å². The average molecular weight is 630 g/mol. The van der Waals surface area contributed by atoms with Crippen molar-refractivity contribution in [3.63, 3.8) is 0 Å². The Morgan fingerprint density at radius 3 is 1.63 bits per heavy atom. The van der Waals surface area contributed by atoms with Crippen LogP contribution in [0.15, 0.2) is 158 Å². The van der Waals surface area contributed by atoms with Gasteiger partial charge in [0.25, 0.3) is 0 Å². The monoisotopic (exact) mass is 629 g/mol. The van der Waals surface area contributed by atoms with Crippen LogP contribution in [0.1, 0.15) is 6.92 Å². The molecule has 9 aromatic rings. The van der Waals surface area contributed by atoms with Crippen LogP contribution in [-0.2, 0) is 6.54 Å². The number of aromatic nitrogens is 5. The van der Waals surface area contributed by atoms with Gasteiger partial charge >= 0.3 is 0 Å². The molecule has 0 saturated heterocycles. The second kappa shape index (κ2) is 12.0. The number of pyridine rings is 1. The van der Waals surface area contributed by atoms with Crippen LogP contribution in [0.3, 0.4) is 0 Å². The summed E-state index contributed by atoms with van der Waals surface area (Å²) in [5.74, 6) is 1.93. The first-order valence-corrected chi connectivity index (χ1v) is 16.6.